The first-order valence-electron chi connectivity index (χ1n) is 6.04. The highest BCUT2D eigenvalue weighted by atomic mass is 79.9. The average Bonchev–Trinajstić information content (AvgIpc) is 2.32. The van der Waals surface area contributed by atoms with Crippen LogP contribution in [-0.4, -0.2) is 0 Å². The first-order chi connectivity index (χ1) is 8.41. The molecule has 0 radical (unpaired) electrons. The molecular formula is C16H18BrN. The zero-order valence-corrected chi connectivity index (χ0v) is 12.6. The molecule has 0 bridgehead atoms. The minimum atomic E-state index is -0.470. The van der Waals surface area contributed by atoms with Gasteiger partial charge in [0.05, 0.1) is 5.54 Å². The number of benzene rings is 2. The van der Waals surface area contributed by atoms with E-state index in [2.05, 4.69) is 67.0 Å². The van der Waals surface area contributed by atoms with E-state index < -0.39 is 5.54 Å². The van der Waals surface area contributed by atoms with Crippen LogP contribution in [0.2, 0.25) is 0 Å². The molecule has 2 aromatic carbocycles. The standard InChI is InChI=1S/C16H18BrN/c1-11-7-8-14(9-12(11)2)16(3,18)13-5-4-6-15(17)10-13/h4-10H,18H2,1-3H3. The molecule has 0 saturated carbocycles. The summed E-state index contributed by atoms with van der Waals surface area (Å²) in [6, 6.07) is 14.6. The predicted octanol–water partition coefficient (Wildman–Crippen LogP) is 4.29. The topological polar surface area (TPSA) is 26.0 Å². The van der Waals surface area contributed by atoms with Gasteiger partial charge < -0.3 is 5.73 Å². The lowest BCUT2D eigenvalue weighted by Crippen LogP contribution is -2.34. The molecule has 94 valence electrons. The monoisotopic (exact) mass is 303 g/mol. The van der Waals surface area contributed by atoms with Crippen molar-refractivity contribution in [2.24, 2.45) is 5.73 Å². The zero-order valence-electron chi connectivity index (χ0n) is 11.0. The van der Waals surface area contributed by atoms with E-state index in [-0.39, 0.29) is 0 Å². The Morgan fingerprint density at radius 2 is 1.61 bits per heavy atom. The molecule has 0 aliphatic rings. The van der Waals surface area contributed by atoms with Gasteiger partial charge >= 0.3 is 0 Å². The van der Waals surface area contributed by atoms with Gasteiger partial charge in [-0.1, -0.05) is 46.3 Å². The molecule has 18 heavy (non-hydrogen) atoms. The third-order valence-corrected chi connectivity index (χ3v) is 4.02. The summed E-state index contributed by atoms with van der Waals surface area (Å²) in [6.07, 6.45) is 0. The second kappa shape index (κ2) is 4.87. The molecule has 0 aromatic heterocycles. The number of hydrogen-bond donors (Lipinski definition) is 1. The summed E-state index contributed by atoms with van der Waals surface area (Å²) in [7, 11) is 0. The summed E-state index contributed by atoms with van der Waals surface area (Å²) in [5, 5.41) is 0. The molecule has 0 spiro atoms. The number of aryl methyl sites for hydroxylation is 2. The summed E-state index contributed by atoms with van der Waals surface area (Å²) < 4.78 is 1.06. The third-order valence-electron chi connectivity index (χ3n) is 3.53. The number of rotatable bonds is 2. The smallest absolute Gasteiger partial charge is 0.0637 e. The van der Waals surface area contributed by atoms with Crippen molar-refractivity contribution < 1.29 is 0 Å². The Labute approximate surface area is 117 Å². The van der Waals surface area contributed by atoms with E-state index in [0.29, 0.717) is 0 Å². The van der Waals surface area contributed by atoms with Crippen LogP contribution < -0.4 is 5.73 Å². The predicted molar refractivity (Wildman–Crippen MR) is 80.7 cm³/mol. The summed E-state index contributed by atoms with van der Waals surface area (Å²) in [5.41, 5.74) is 10.9. The van der Waals surface area contributed by atoms with Gasteiger partial charge in [-0.2, -0.15) is 0 Å². The summed E-state index contributed by atoms with van der Waals surface area (Å²) in [6.45, 7) is 6.29. The molecule has 2 N–H and O–H groups in total. The Hall–Kier alpha value is -1.12. The molecule has 2 rings (SSSR count). The number of halogens is 1. The molecule has 1 atom stereocenters. The maximum absolute atomic E-state index is 6.53. The summed E-state index contributed by atoms with van der Waals surface area (Å²) >= 11 is 3.50. The van der Waals surface area contributed by atoms with Gasteiger partial charge in [0.2, 0.25) is 0 Å². The molecule has 0 fully saturated rings. The first kappa shape index (κ1) is 13.3. The van der Waals surface area contributed by atoms with Gasteiger partial charge in [0, 0.05) is 4.47 Å². The summed E-state index contributed by atoms with van der Waals surface area (Å²) in [4.78, 5) is 0. The molecule has 0 heterocycles. The van der Waals surface area contributed by atoms with Gasteiger partial charge in [-0.3, -0.25) is 0 Å². The summed E-state index contributed by atoms with van der Waals surface area (Å²) in [5.74, 6) is 0. The molecule has 1 nitrogen and oxygen atoms in total. The largest absolute Gasteiger partial charge is 0.318 e. The van der Waals surface area contributed by atoms with Crippen LogP contribution in [0.3, 0.4) is 0 Å². The molecule has 0 aliphatic heterocycles. The van der Waals surface area contributed by atoms with Crippen LogP contribution in [0.4, 0.5) is 0 Å². The fourth-order valence-corrected chi connectivity index (χ4v) is 2.44. The first-order valence-corrected chi connectivity index (χ1v) is 6.83. The van der Waals surface area contributed by atoms with Crippen molar-refractivity contribution in [3.8, 4) is 0 Å². The van der Waals surface area contributed by atoms with Crippen molar-refractivity contribution >= 4 is 15.9 Å². The molecule has 1 unspecified atom stereocenters. The molecule has 0 aliphatic carbocycles. The SMILES string of the molecule is Cc1ccc(C(C)(N)c2cccc(Br)c2)cc1C. The van der Waals surface area contributed by atoms with Crippen LogP contribution >= 0.6 is 15.9 Å². The fourth-order valence-electron chi connectivity index (χ4n) is 2.04. The van der Waals surface area contributed by atoms with E-state index in [1.807, 2.05) is 12.1 Å². The second-order valence-electron chi connectivity index (χ2n) is 5.01. The number of nitrogens with two attached hydrogens (primary N) is 1. The average molecular weight is 304 g/mol. The van der Waals surface area contributed by atoms with Gasteiger partial charge in [0.25, 0.3) is 0 Å². The third kappa shape index (κ3) is 2.50. The maximum atomic E-state index is 6.53. The van der Waals surface area contributed by atoms with Crippen molar-refractivity contribution in [3.05, 3.63) is 69.2 Å². The van der Waals surface area contributed by atoms with E-state index in [9.17, 15) is 0 Å². The van der Waals surface area contributed by atoms with Gasteiger partial charge in [-0.25, -0.2) is 0 Å². The lowest BCUT2D eigenvalue weighted by Gasteiger charge is -2.27. The van der Waals surface area contributed by atoms with Gasteiger partial charge in [0.15, 0.2) is 0 Å². The number of hydrogen-bond acceptors (Lipinski definition) is 1. The van der Waals surface area contributed by atoms with Crippen LogP contribution in [-0.2, 0) is 5.54 Å². The van der Waals surface area contributed by atoms with Gasteiger partial charge in [-0.15, -0.1) is 0 Å². The van der Waals surface area contributed by atoms with Crippen LogP contribution in [0.15, 0.2) is 46.9 Å². The zero-order chi connectivity index (χ0) is 13.3. The lowest BCUT2D eigenvalue weighted by molar-refractivity contribution is 0.602. The molecule has 2 aromatic rings. The minimum Gasteiger partial charge on any atom is -0.318 e. The Bertz CT molecular complexity index is 573. The van der Waals surface area contributed by atoms with Gasteiger partial charge in [-0.05, 0) is 55.2 Å². The quantitative estimate of drug-likeness (QED) is 0.880. The second-order valence-corrected chi connectivity index (χ2v) is 5.93. The molecule has 0 amide bonds. The van der Waals surface area contributed by atoms with E-state index in [0.717, 1.165) is 15.6 Å². The van der Waals surface area contributed by atoms with E-state index in [1.165, 1.54) is 11.1 Å². The van der Waals surface area contributed by atoms with Crippen molar-refractivity contribution in [1.82, 2.24) is 0 Å². The van der Waals surface area contributed by atoms with Crippen LogP contribution in [0.1, 0.15) is 29.2 Å². The Kier molecular flexibility index (Phi) is 3.60. The molecule has 2 heteroatoms. The van der Waals surface area contributed by atoms with Crippen LogP contribution in [0.25, 0.3) is 0 Å². The lowest BCUT2D eigenvalue weighted by atomic mass is 9.84. The molecule has 0 saturated heterocycles. The van der Waals surface area contributed by atoms with Crippen molar-refractivity contribution in [2.75, 3.05) is 0 Å². The van der Waals surface area contributed by atoms with Crippen LogP contribution in [0.5, 0.6) is 0 Å². The fraction of sp³-hybridized carbons (Fsp3) is 0.250. The van der Waals surface area contributed by atoms with Crippen molar-refractivity contribution in [3.63, 3.8) is 0 Å². The highest BCUT2D eigenvalue weighted by molar-refractivity contribution is 9.10. The van der Waals surface area contributed by atoms with Crippen LogP contribution in [0, 0.1) is 13.8 Å². The minimum absolute atomic E-state index is 0.470. The van der Waals surface area contributed by atoms with E-state index in [1.54, 1.807) is 0 Å². The van der Waals surface area contributed by atoms with E-state index >= 15 is 0 Å². The van der Waals surface area contributed by atoms with E-state index in [4.69, 9.17) is 5.73 Å². The van der Waals surface area contributed by atoms with Crippen molar-refractivity contribution in [2.45, 2.75) is 26.3 Å². The Balaban J connectivity index is 2.50. The van der Waals surface area contributed by atoms with Crippen molar-refractivity contribution in [1.29, 1.82) is 0 Å². The van der Waals surface area contributed by atoms with Gasteiger partial charge in [0.1, 0.15) is 0 Å². The molecular weight excluding hydrogens is 286 g/mol. The maximum Gasteiger partial charge on any atom is 0.0637 e. The Morgan fingerprint density at radius 1 is 0.944 bits per heavy atom. The highest BCUT2D eigenvalue weighted by Gasteiger charge is 2.24. The highest BCUT2D eigenvalue weighted by Crippen LogP contribution is 2.29. The normalized spacial score (nSPS) is 14.3. The Morgan fingerprint density at radius 3 is 2.22 bits per heavy atom.